The third-order valence-electron chi connectivity index (χ3n) is 6.31. The Hall–Kier alpha value is -4.47. The summed E-state index contributed by atoms with van der Waals surface area (Å²) in [5.41, 5.74) is 3.83. The molecule has 2 aromatic heterocycles. The second kappa shape index (κ2) is 12.1. The number of imidazole rings is 1. The van der Waals surface area contributed by atoms with E-state index in [0.717, 1.165) is 34.0 Å². The van der Waals surface area contributed by atoms with Crippen molar-refractivity contribution in [2.75, 3.05) is 26.1 Å². The minimum absolute atomic E-state index is 0.271. The molecule has 0 aliphatic rings. The average molecular weight is 548 g/mol. The van der Waals surface area contributed by atoms with Crippen molar-refractivity contribution in [2.24, 2.45) is 0 Å². The highest BCUT2D eigenvalue weighted by molar-refractivity contribution is 6.01. The number of rotatable bonds is 11. The lowest BCUT2D eigenvalue weighted by Crippen LogP contribution is -2.28. The second-order valence-corrected chi connectivity index (χ2v) is 10.3. The Morgan fingerprint density at radius 2 is 1.68 bits per heavy atom. The number of esters is 1. The molecule has 0 atom stereocenters. The van der Waals surface area contributed by atoms with E-state index in [4.69, 9.17) is 14.2 Å². The molecule has 4 rings (SSSR count). The Balaban J connectivity index is 1.54. The maximum absolute atomic E-state index is 13.5. The third kappa shape index (κ3) is 6.74. The summed E-state index contributed by atoms with van der Waals surface area (Å²) in [7, 11) is 3.23. The molecule has 10 heteroatoms. The van der Waals surface area contributed by atoms with Crippen LogP contribution in [0.1, 0.15) is 65.6 Å². The lowest BCUT2D eigenvalue weighted by molar-refractivity contribution is 0.00622. The number of fused-ring (bicyclic) bond motifs is 1. The van der Waals surface area contributed by atoms with E-state index in [1.165, 1.54) is 0 Å². The molecule has 4 N–H and O–H groups in total. The van der Waals surface area contributed by atoms with Crippen LogP contribution >= 0.6 is 0 Å². The van der Waals surface area contributed by atoms with Gasteiger partial charge < -0.3 is 34.8 Å². The van der Waals surface area contributed by atoms with Gasteiger partial charge >= 0.3 is 5.97 Å². The Morgan fingerprint density at radius 1 is 0.975 bits per heavy atom. The van der Waals surface area contributed by atoms with Crippen LogP contribution in [0.25, 0.3) is 11.0 Å². The molecular weight excluding hydrogens is 510 g/mol. The van der Waals surface area contributed by atoms with Crippen LogP contribution < -0.4 is 20.1 Å². The summed E-state index contributed by atoms with van der Waals surface area (Å²) in [6.07, 6.45) is 0.981. The summed E-state index contributed by atoms with van der Waals surface area (Å²) < 4.78 is 16.1. The number of hydrogen-bond donors (Lipinski definition) is 4. The molecule has 0 bridgehead atoms. The van der Waals surface area contributed by atoms with Crippen molar-refractivity contribution >= 4 is 28.6 Å². The number of carbonyl (C=O) groups is 2. The highest BCUT2D eigenvalue weighted by Gasteiger charge is 2.28. The van der Waals surface area contributed by atoms with Gasteiger partial charge in [0.05, 0.1) is 37.4 Å². The van der Waals surface area contributed by atoms with Gasteiger partial charge in [0.2, 0.25) is 0 Å². The summed E-state index contributed by atoms with van der Waals surface area (Å²) in [6.45, 7) is 8.01. The first-order valence-electron chi connectivity index (χ1n) is 13.3. The van der Waals surface area contributed by atoms with E-state index in [-0.39, 0.29) is 5.91 Å². The molecule has 0 spiro atoms. The minimum atomic E-state index is -0.673. The normalized spacial score (nSPS) is 11.3. The molecule has 0 unspecified atom stereocenters. The van der Waals surface area contributed by atoms with Gasteiger partial charge in [0.15, 0.2) is 0 Å². The standard InChI is InChI=1S/C30H37N5O5/c1-7-21-26(28(36)31-15-14-25-33-22-13-12-20(39-6)16-23(22)34-25)24(35-27(21)29(37)40-30(2,3)4)17-32-18-8-10-19(38-5)11-9-18/h8-13,16,32,35H,7,14-15,17H2,1-6H3,(H,31,36)(H,33,34). The van der Waals surface area contributed by atoms with E-state index in [1.54, 1.807) is 14.2 Å². The number of ether oxygens (including phenoxy) is 3. The number of benzene rings is 2. The van der Waals surface area contributed by atoms with E-state index in [9.17, 15) is 9.59 Å². The first kappa shape index (κ1) is 28.5. The van der Waals surface area contributed by atoms with Crippen LogP contribution in [-0.2, 0) is 24.1 Å². The van der Waals surface area contributed by atoms with Gasteiger partial charge in [0.1, 0.15) is 28.6 Å². The summed E-state index contributed by atoms with van der Waals surface area (Å²) in [6, 6.07) is 13.1. The molecule has 0 fully saturated rings. The number of anilines is 1. The van der Waals surface area contributed by atoms with E-state index in [1.807, 2.05) is 70.2 Å². The lowest BCUT2D eigenvalue weighted by atomic mass is 10.0. The fraction of sp³-hybridized carbons (Fsp3) is 0.367. The topological polar surface area (TPSA) is 130 Å². The van der Waals surface area contributed by atoms with E-state index < -0.39 is 11.6 Å². The molecular formula is C30H37N5O5. The number of nitrogens with one attached hydrogen (secondary N) is 4. The van der Waals surface area contributed by atoms with Crippen LogP contribution in [0, 0.1) is 0 Å². The van der Waals surface area contributed by atoms with E-state index in [2.05, 4.69) is 25.6 Å². The zero-order valence-corrected chi connectivity index (χ0v) is 23.9. The maximum Gasteiger partial charge on any atom is 0.355 e. The van der Waals surface area contributed by atoms with Crippen molar-refractivity contribution in [2.45, 2.75) is 52.7 Å². The van der Waals surface area contributed by atoms with Gasteiger partial charge in [-0.3, -0.25) is 4.79 Å². The van der Waals surface area contributed by atoms with Gasteiger partial charge in [0.25, 0.3) is 5.91 Å². The number of carbonyl (C=O) groups excluding carboxylic acids is 2. The van der Waals surface area contributed by atoms with Crippen LogP contribution in [0.2, 0.25) is 0 Å². The summed E-state index contributed by atoms with van der Waals surface area (Å²) in [5, 5.41) is 6.32. The predicted molar refractivity (Wildman–Crippen MR) is 154 cm³/mol. The van der Waals surface area contributed by atoms with E-state index in [0.29, 0.717) is 48.4 Å². The Kier molecular flexibility index (Phi) is 8.67. The second-order valence-electron chi connectivity index (χ2n) is 10.3. The number of aromatic amines is 2. The van der Waals surface area contributed by atoms with Crippen molar-refractivity contribution in [3.8, 4) is 11.5 Å². The van der Waals surface area contributed by atoms with Gasteiger partial charge in [-0.25, -0.2) is 9.78 Å². The number of nitrogens with zero attached hydrogens (tertiary/aromatic N) is 1. The fourth-order valence-corrected chi connectivity index (χ4v) is 4.43. The Labute approximate surface area is 233 Å². The molecule has 0 aliphatic carbocycles. The van der Waals surface area contributed by atoms with Gasteiger partial charge in [-0.05, 0) is 69.2 Å². The zero-order chi connectivity index (χ0) is 28.9. The maximum atomic E-state index is 13.5. The molecule has 0 saturated heterocycles. The van der Waals surface area contributed by atoms with E-state index >= 15 is 0 Å². The molecule has 212 valence electrons. The average Bonchev–Trinajstić information content (AvgIpc) is 3.51. The van der Waals surface area contributed by atoms with Crippen LogP contribution in [0.3, 0.4) is 0 Å². The van der Waals surface area contributed by atoms with Crippen molar-refractivity contribution in [1.29, 1.82) is 0 Å². The molecule has 0 radical (unpaired) electrons. The molecule has 2 heterocycles. The van der Waals surface area contributed by atoms with Gasteiger partial charge in [0, 0.05) is 30.4 Å². The summed E-state index contributed by atoms with van der Waals surface area (Å²) in [4.78, 5) is 37.6. The largest absolute Gasteiger partial charge is 0.497 e. The number of methoxy groups -OCH3 is 2. The highest BCUT2D eigenvalue weighted by Crippen LogP contribution is 2.25. The molecule has 10 nitrogen and oxygen atoms in total. The Morgan fingerprint density at radius 3 is 2.33 bits per heavy atom. The smallest absolute Gasteiger partial charge is 0.355 e. The first-order valence-corrected chi connectivity index (χ1v) is 13.3. The van der Waals surface area contributed by atoms with Crippen LogP contribution in [0.5, 0.6) is 11.5 Å². The zero-order valence-electron chi connectivity index (χ0n) is 23.9. The Bertz CT molecular complexity index is 1480. The van der Waals surface area contributed by atoms with Gasteiger partial charge in [-0.1, -0.05) is 6.92 Å². The molecule has 2 aromatic carbocycles. The summed E-state index contributed by atoms with van der Waals surface area (Å²) in [5.74, 6) is 1.48. The number of H-pyrrole nitrogens is 2. The highest BCUT2D eigenvalue weighted by atomic mass is 16.6. The molecule has 4 aromatic rings. The van der Waals surface area contributed by atoms with Crippen LogP contribution in [0.4, 0.5) is 5.69 Å². The minimum Gasteiger partial charge on any atom is -0.497 e. The summed E-state index contributed by atoms with van der Waals surface area (Å²) >= 11 is 0. The van der Waals surface area contributed by atoms with Crippen molar-refractivity contribution < 1.29 is 23.8 Å². The number of amides is 1. The van der Waals surface area contributed by atoms with Crippen molar-refractivity contribution in [1.82, 2.24) is 20.3 Å². The number of aromatic nitrogens is 3. The third-order valence-corrected chi connectivity index (χ3v) is 6.31. The molecule has 0 saturated carbocycles. The van der Waals surface area contributed by atoms with Gasteiger partial charge in [-0.15, -0.1) is 0 Å². The first-order chi connectivity index (χ1) is 19.1. The fourth-order valence-electron chi connectivity index (χ4n) is 4.43. The number of hydrogen-bond acceptors (Lipinski definition) is 7. The van der Waals surface area contributed by atoms with Crippen LogP contribution in [-0.4, -0.2) is 53.2 Å². The molecule has 0 aliphatic heterocycles. The predicted octanol–water partition coefficient (Wildman–Crippen LogP) is 5.01. The van der Waals surface area contributed by atoms with Crippen LogP contribution in [0.15, 0.2) is 42.5 Å². The SMILES string of the molecule is CCc1c(C(=O)OC(C)(C)C)[nH]c(CNc2ccc(OC)cc2)c1C(=O)NCCc1nc2ccc(OC)cc2[nH]1. The van der Waals surface area contributed by atoms with Gasteiger partial charge in [-0.2, -0.15) is 0 Å². The monoisotopic (exact) mass is 547 g/mol. The lowest BCUT2D eigenvalue weighted by Gasteiger charge is -2.19. The molecule has 40 heavy (non-hydrogen) atoms. The van der Waals surface area contributed by atoms with Crippen molar-refractivity contribution in [3.05, 3.63) is 70.8 Å². The quantitative estimate of drug-likeness (QED) is 0.194. The van der Waals surface area contributed by atoms with Crippen molar-refractivity contribution in [3.63, 3.8) is 0 Å². The molecule has 1 amide bonds.